The lowest BCUT2D eigenvalue weighted by molar-refractivity contribution is -0.146. The van der Waals surface area contributed by atoms with Gasteiger partial charge in [-0.3, -0.25) is 24.7 Å². The van der Waals surface area contributed by atoms with Gasteiger partial charge < -0.3 is 4.74 Å². The minimum Gasteiger partial charge on any atom is -0.379 e. The van der Waals surface area contributed by atoms with Gasteiger partial charge in [0.1, 0.15) is 5.41 Å². The van der Waals surface area contributed by atoms with Crippen molar-refractivity contribution in [3.05, 3.63) is 0 Å². The first-order valence-corrected chi connectivity index (χ1v) is 7.04. The molecule has 0 aromatic rings. The molecular weight excluding hydrogens is 262 g/mol. The van der Waals surface area contributed by atoms with E-state index in [1.54, 1.807) is 0 Å². The Labute approximate surface area is 117 Å². The predicted octanol–water partition coefficient (Wildman–Crippen LogP) is -0.434. The third kappa shape index (κ3) is 2.10. The van der Waals surface area contributed by atoms with Crippen LogP contribution in [0.1, 0.15) is 19.8 Å². The van der Waals surface area contributed by atoms with Crippen LogP contribution < -0.4 is 5.32 Å². The summed E-state index contributed by atoms with van der Waals surface area (Å²) in [5.41, 5.74) is -0.951. The van der Waals surface area contributed by atoms with Crippen molar-refractivity contribution < 1.29 is 19.1 Å². The van der Waals surface area contributed by atoms with Crippen LogP contribution >= 0.6 is 0 Å². The third-order valence-corrected chi connectivity index (χ3v) is 4.32. The maximum absolute atomic E-state index is 12.4. The van der Waals surface area contributed by atoms with Crippen LogP contribution in [0.3, 0.4) is 0 Å². The number of hydrogen-bond acceptors (Lipinski definition) is 5. The van der Waals surface area contributed by atoms with E-state index in [0.29, 0.717) is 32.6 Å². The molecule has 4 amide bonds. The Morgan fingerprint density at radius 1 is 1.25 bits per heavy atom. The second-order valence-electron chi connectivity index (χ2n) is 5.78. The summed E-state index contributed by atoms with van der Waals surface area (Å²) in [4.78, 5) is 39.5. The monoisotopic (exact) mass is 281 g/mol. The van der Waals surface area contributed by atoms with Crippen LogP contribution in [0.5, 0.6) is 0 Å². The molecule has 1 aliphatic carbocycles. The molecule has 3 aliphatic rings. The van der Waals surface area contributed by atoms with E-state index < -0.39 is 17.4 Å². The molecule has 0 aromatic heterocycles. The molecular formula is C13H19N3O4. The fraction of sp³-hybridized carbons (Fsp3) is 0.769. The van der Waals surface area contributed by atoms with Gasteiger partial charge in [0.2, 0.25) is 11.8 Å². The number of imide groups is 2. The van der Waals surface area contributed by atoms with Gasteiger partial charge in [0, 0.05) is 19.6 Å². The maximum Gasteiger partial charge on any atom is 0.331 e. The van der Waals surface area contributed by atoms with Gasteiger partial charge in [-0.05, 0) is 19.8 Å². The Bertz CT molecular complexity index is 455. The van der Waals surface area contributed by atoms with Gasteiger partial charge in [0.15, 0.2) is 0 Å². The quantitative estimate of drug-likeness (QED) is 0.710. The second-order valence-corrected chi connectivity index (χ2v) is 5.78. The molecule has 7 heteroatoms. The van der Waals surface area contributed by atoms with Gasteiger partial charge in [0.25, 0.3) is 0 Å². The molecule has 1 unspecified atom stereocenters. The van der Waals surface area contributed by atoms with Crippen molar-refractivity contribution in [2.75, 3.05) is 32.8 Å². The number of morpholine rings is 1. The summed E-state index contributed by atoms with van der Waals surface area (Å²) in [6, 6.07) is -0.829. The molecule has 1 atom stereocenters. The van der Waals surface area contributed by atoms with Gasteiger partial charge in [-0.1, -0.05) is 0 Å². The molecule has 2 heterocycles. The van der Waals surface area contributed by atoms with Gasteiger partial charge >= 0.3 is 6.03 Å². The average molecular weight is 281 g/mol. The van der Waals surface area contributed by atoms with Gasteiger partial charge in [0.05, 0.1) is 19.3 Å². The summed E-state index contributed by atoms with van der Waals surface area (Å²) in [5.74, 6) is -0.755. The van der Waals surface area contributed by atoms with Crippen LogP contribution in [-0.4, -0.2) is 66.5 Å². The Hall–Kier alpha value is -1.47. The molecule has 3 rings (SSSR count). The Morgan fingerprint density at radius 2 is 1.90 bits per heavy atom. The molecule has 0 bridgehead atoms. The Balaban J connectivity index is 1.69. The molecule has 1 saturated carbocycles. The standard InChI is InChI=1S/C13H19N3O4/c1-9(8-15-4-6-20-7-5-15)16-11(18)13(2-3-13)10(17)14-12(16)19/h9H,2-8H2,1H3,(H,14,17,19). The highest BCUT2D eigenvalue weighted by molar-refractivity contribution is 6.21. The molecule has 2 saturated heterocycles. The van der Waals surface area contributed by atoms with Crippen LogP contribution in [0, 0.1) is 5.41 Å². The zero-order valence-electron chi connectivity index (χ0n) is 11.6. The van der Waals surface area contributed by atoms with Crippen molar-refractivity contribution in [2.45, 2.75) is 25.8 Å². The summed E-state index contributed by atoms with van der Waals surface area (Å²) in [6.45, 7) is 5.42. The molecule has 20 heavy (non-hydrogen) atoms. The number of ether oxygens (including phenoxy) is 1. The highest BCUT2D eigenvalue weighted by Crippen LogP contribution is 2.49. The second kappa shape index (κ2) is 4.82. The number of nitrogens with zero attached hydrogens (tertiary/aromatic N) is 2. The largest absolute Gasteiger partial charge is 0.379 e. The highest BCUT2D eigenvalue weighted by Gasteiger charge is 2.62. The first-order valence-electron chi connectivity index (χ1n) is 7.04. The number of barbiturate groups is 1. The van der Waals surface area contributed by atoms with Gasteiger partial charge in [-0.2, -0.15) is 0 Å². The first kappa shape index (κ1) is 13.5. The number of hydrogen-bond donors (Lipinski definition) is 1. The molecule has 0 radical (unpaired) electrons. The number of urea groups is 1. The van der Waals surface area contributed by atoms with Crippen molar-refractivity contribution in [1.82, 2.24) is 15.1 Å². The normalized spacial score (nSPS) is 27.6. The van der Waals surface area contributed by atoms with Crippen molar-refractivity contribution in [3.8, 4) is 0 Å². The van der Waals surface area contributed by atoms with Gasteiger partial charge in [-0.25, -0.2) is 4.79 Å². The number of carbonyl (C=O) groups is 3. The van der Waals surface area contributed by atoms with Crippen molar-refractivity contribution in [3.63, 3.8) is 0 Å². The van der Waals surface area contributed by atoms with Crippen LogP contribution in [-0.2, 0) is 14.3 Å². The van der Waals surface area contributed by atoms with Crippen LogP contribution in [0.25, 0.3) is 0 Å². The summed E-state index contributed by atoms with van der Waals surface area (Å²) >= 11 is 0. The summed E-state index contributed by atoms with van der Waals surface area (Å²) in [6.07, 6.45) is 1.09. The topological polar surface area (TPSA) is 79.0 Å². The number of carbonyl (C=O) groups excluding carboxylic acids is 3. The molecule has 3 fully saturated rings. The SMILES string of the molecule is CC(CN1CCOCC1)N1C(=O)NC(=O)C2(CC2)C1=O. The zero-order chi connectivity index (χ0) is 14.3. The summed E-state index contributed by atoms with van der Waals surface area (Å²) in [5, 5.41) is 2.31. The van der Waals surface area contributed by atoms with Crippen LogP contribution in [0.4, 0.5) is 4.79 Å². The van der Waals surface area contributed by atoms with E-state index in [1.807, 2.05) is 6.92 Å². The summed E-state index contributed by atoms with van der Waals surface area (Å²) in [7, 11) is 0. The average Bonchev–Trinajstić information content (AvgIpc) is 3.19. The van der Waals surface area contributed by atoms with E-state index in [2.05, 4.69) is 10.2 Å². The zero-order valence-corrected chi connectivity index (χ0v) is 11.6. The molecule has 110 valence electrons. The lowest BCUT2D eigenvalue weighted by Gasteiger charge is -2.37. The predicted molar refractivity (Wildman–Crippen MR) is 68.8 cm³/mol. The highest BCUT2D eigenvalue weighted by atomic mass is 16.5. The van der Waals surface area contributed by atoms with Crippen LogP contribution in [0.2, 0.25) is 0 Å². The molecule has 7 nitrogen and oxygen atoms in total. The Morgan fingerprint density at radius 3 is 2.50 bits per heavy atom. The van der Waals surface area contributed by atoms with E-state index in [4.69, 9.17) is 4.74 Å². The molecule has 1 spiro atoms. The molecule has 0 aromatic carbocycles. The Kier molecular flexibility index (Phi) is 3.25. The smallest absolute Gasteiger partial charge is 0.331 e. The first-order chi connectivity index (χ1) is 9.54. The van der Waals surface area contributed by atoms with E-state index in [-0.39, 0.29) is 11.9 Å². The van der Waals surface area contributed by atoms with Crippen molar-refractivity contribution >= 4 is 17.8 Å². The lowest BCUT2D eigenvalue weighted by Crippen LogP contribution is -2.63. The third-order valence-electron chi connectivity index (χ3n) is 4.32. The van der Waals surface area contributed by atoms with E-state index in [1.165, 1.54) is 4.90 Å². The fourth-order valence-corrected chi connectivity index (χ4v) is 2.90. The minimum absolute atomic E-state index is 0.244. The summed E-state index contributed by atoms with van der Waals surface area (Å²) < 4.78 is 5.28. The van der Waals surface area contributed by atoms with Crippen LogP contribution in [0.15, 0.2) is 0 Å². The minimum atomic E-state index is -0.951. The van der Waals surface area contributed by atoms with Crippen molar-refractivity contribution in [1.29, 1.82) is 0 Å². The van der Waals surface area contributed by atoms with E-state index in [0.717, 1.165) is 13.1 Å². The molecule has 2 aliphatic heterocycles. The van der Waals surface area contributed by atoms with Crippen molar-refractivity contribution in [2.24, 2.45) is 5.41 Å². The van der Waals surface area contributed by atoms with E-state index in [9.17, 15) is 14.4 Å². The van der Waals surface area contributed by atoms with E-state index >= 15 is 0 Å². The number of rotatable bonds is 3. The lowest BCUT2D eigenvalue weighted by atomic mass is 10.0. The fourth-order valence-electron chi connectivity index (χ4n) is 2.90. The number of nitrogens with one attached hydrogen (secondary N) is 1. The molecule has 1 N–H and O–H groups in total. The number of amides is 4. The maximum atomic E-state index is 12.4. The van der Waals surface area contributed by atoms with Gasteiger partial charge in [-0.15, -0.1) is 0 Å².